The number of aromatic nitrogens is 2. The van der Waals surface area contributed by atoms with Gasteiger partial charge in [-0.25, -0.2) is 4.98 Å². The Hall–Kier alpha value is -2.14. The van der Waals surface area contributed by atoms with Gasteiger partial charge in [0.1, 0.15) is 5.82 Å². The van der Waals surface area contributed by atoms with Crippen molar-refractivity contribution in [3.05, 3.63) is 48.2 Å². The van der Waals surface area contributed by atoms with E-state index in [1.807, 2.05) is 12.3 Å². The zero-order valence-corrected chi connectivity index (χ0v) is 15.5. The molecule has 5 nitrogen and oxygen atoms in total. The minimum atomic E-state index is 0.429. The van der Waals surface area contributed by atoms with Crippen LogP contribution in [0.1, 0.15) is 37.7 Å². The first-order valence-corrected chi connectivity index (χ1v) is 9.98. The number of rotatable bonds is 5. The van der Waals surface area contributed by atoms with Gasteiger partial charge in [0.25, 0.3) is 0 Å². The van der Waals surface area contributed by atoms with E-state index in [2.05, 4.69) is 50.4 Å². The van der Waals surface area contributed by atoms with Crippen molar-refractivity contribution < 1.29 is 0 Å². The summed E-state index contributed by atoms with van der Waals surface area (Å²) in [5, 5.41) is 3.56. The fourth-order valence-electron chi connectivity index (χ4n) is 4.01. The maximum Gasteiger partial charge on any atom is 0.224 e. The molecule has 4 rings (SSSR count). The van der Waals surface area contributed by atoms with Crippen LogP contribution in [0.15, 0.2) is 42.6 Å². The molecule has 0 amide bonds. The Morgan fingerprint density at radius 3 is 2.58 bits per heavy atom. The molecule has 2 fully saturated rings. The molecule has 1 aromatic carbocycles. The van der Waals surface area contributed by atoms with E-state index >= 15 is 0 Å². The third kappa shape index (κ3) is 4.52. The molecule has 0 spiro atoms. The Morgan fingerprint density at radius 1 is 0.962 bits per heavy atom. The quantitative estimate of drug-likeness (QED) is 0.892. The van der Waals surface area contributed by atoms with Gasteiger partial charge in [-0.15, -0.1) is 0 Å². The van der Waals surface area contributed by atoms with Gasteiger partial charge in [0.05, 0.1) is 0 Å². The number of hydrogen-bond acceptors (Lipinski definition) is 5. The van der Waals surface area contributed by atoms with E-state index in [9.17, 15) is 0 Å². The summed E-state index contributed by atoms with van der Waals surface area (Å²) < 4.78 is 0. The van der Waals surface area contributed by atoms with E-state index in [0.29, 0.717) is 6.04 Å². The van der Waals surface area contributed by atoms with Gasteiger partial charge in [-0.2, -0.15) is 4.98 Å². The lowest BCUT2D eigenvalue weighted by molar-refractivity contribution is 0.328. The van der Waals surface area contributed by atoms with Crippen molar-refractivity contribution in [3.8, 4) is 0 Å². The Balaban J connectivity index is 1.33. The van der Waals surface area contributed by atoms with E-state index in [1.54, 1.807) is 0 Å². The molecule has 0 aliphatic carbocycles. The zero-order chi connectivity index (χ0) is 17.6. The van der Waals surface area contributed by atoms with Crippen LogP contribution < -0.4 is 10.2 Å². The third-order valence-electron chi connectivity index (χ3n) is 5.43. The van der Waals surface area contributed by atoms with Crippen LogP contribution in [0, 0.1) is 0 Å². The molecule has 0 bridgehead atoms. The topological polar surface area (TPSA) is 44.3 Å². The number of nitrogens with one attached hydrogen (secondary N) is 1. The van der Waals surface area contributed by atoms with Crippen molar-refractivity contribution in [2.45, 2.75) is 44.7 Å². The molecule has 1 N–H and O–H groups in total. The highest BCUT2D eigenvalue weighted by Crippen LogP contribution is 2.20. The first-order chi connectivity index (χ1) is 12.9. The second-order valence-corrected chi connectivity index (χ2v) is 7.49. The molecule has 1 aromatic heterocycles. The van der Waals surface area contributed by atoms with Gasteiger partial charge in [-0.05, 0) is 30.9 Å². The van der Waals surface area contributed by atoms with Gasteiger partial charge in [-0.3, -0.25) is 4.90 Å². The summed E-state index contributed by atoms with van der Waals surface area (Å²) in [5.41, 5.74) is 1.38. The second kappa shape index (κ2) is 8.49. The molecular weight excluding hydrogens is 322 g/mol. The molecule has 2 aliphatic rings. The number of anilines is 2. The van der Waals surface area contributed by atoms with Crippen molar-refractivity contribution in [1.29, 1.82) is 0 Å². The predicted molar refractivity (Wildman–Crippen MR) is 106 cm³/mol. The summed E-state index contributed by atoms with van der Waals surface area (Å²) in [6.07, 6.45) is 8.25. The summed E-state index contributed by atoms with van der Waals surface area (Å²) in [6, 6.07) is 13.2. The second-order valence-electron chi connectivity index (χ2n) is 7.49. The highest BCUT2D eigenvalue weighted by molar-refractivity contribution is 5.43. The molecule has 2 saturated heterocycles. The first-order valence-electron chi connectivity index (χ1n) is 9.98. The SMILES string of the molecule is c1ccc(CN2CC[C@H](Nc3nccc(N4CCCCCC4)n3)C2)cc1. The van der Waals surface area contributed by atoms with E-state index < -0.39 is 0 Å². The Kier molecular flexibility index (Phi) is 5.65. The molecule has 3 heterocycles. The van der Waals surface area contributed by atoms with Crippen LogP contribution in [0.25, 0.3) is 0 Å². The van der Waals surface area contributed by atoms with Gasteiger partial charge >= 0.3 is 0 Å². The molecule has 1 atom stereocenters. The lowest BCUT2D eigenvalue weighted by Gasteiger charge is -2.22. The van der Waals surface area contributed by atoms with E-state index in [-0.39, 0.29) is 0 Å². The summed E-state index contributed by atoms with van der Waals surface area (Å²) in [6.45, 7) is 5.42. The van der Waals surface area contributed by atoms with Gasteiger partial charge in [0.15, 0.2) is 0 Å². The zero-order valence-electron chi connectivity index (χ0n) is 15.5. The van der Waals surface area contributed by atoms with Crippen LogP contribution in [-0.4, -0.2) is 47.1 Å². The van der Waals surface area contributed by atoms with Crippen LogP contribution in [0.5, 0.6) is 0 Å². The fourth-order valence-corrected chi connectivity index (χ4v) is 4.01. The van der Waals surface area contributed by atoms with Gasteiger partial charge in [0.2, 0.25) is 5.95 Å². The number of likely N-dealkylation sites (tertiary alicyclic amines) is 1. The lowest BCUT2D eigenvalue weighted by Crippen LogP contribution is -2.28. The lowest BCUT2D eigenvalue weighted by atomic mass is 10.2. The van der Waals surface area contributed by atoms with Crippen molar-refractivity contribution in [2.24, 2.45) is 0 Å². The molecule has 26 heavy (non-hydrogen) atoms. The predicted octanol–water partition coefficient (Wildman–Crippen LogP) is 3.54. The molecule has 2 aliphatic heterocycles. The maximum atomic E-state index is 4.80. The smallest absolute Gasteiger partial charge is 0.224 e. The van der Waals surface area contributed by atoms with Crippen LogP contribution >= 0.6 is 0 Å². The molecule has 138 valence electrons. The van der Waals surface area contributed by atoms with Crippen LogP contribution in [0.3, 0.4) is 0 Å². The first kappa shape index (κ1) is 17.3. The highest BCUT2D eigenvalue weighted by atomic mass is 15.3. The molecular formula is C21H29N5. The molecule has 5 heteroatoms. The Labute approximate surface area is 156 Å². The van der Waals surface area contributed by atoms with Crippen LogP contribution in [0.4, 0.5) is 11.8 Å². The maximum absolute atomic E-state index is 4.80. The van der Waals surface area contributed by atoms with Gasteiger partial charge < -0.3 is 10.2 Å². The monoisotopic (exact) mass is 351 g/mol. The average molecular weight is 351 g/mol. The standard InChI is InChI=1S/C21H29N5/c1-2-7-14-26(13-6-1)20-10-12-22-21(24-20)23-19-11-15-25(17-19)16-18-8-4-3-5-9-18/h3-5,8-10,12,19H,1-2,6-7,11,13-17H2,(H,22,23,24)/t19-/m0/s1. The number of nitrogens with zero attached hydrogens (tertiary/aromatic N) is 4. The van der Waals surface area contributed by atoms with Crippen LogP contribution in [-0.2, 0) is 6.54 Å². The summed E-state index contributed by atoms with van der Waals surface area (Å²) in [7, 11) is 0. The normalized spacial score (nSPS) is 21.5. The molecule has 0 saturated carbocycles. The fraction of sp³-hybridized carbons (Fsp3) is 0.524. The van der Waals surface area contributed by atoms with Crippen molar-refractivity contribution in [2.75, 3.05) is 36.4 Å². The van der Waals surface area contributed by atoms with E-state index in [0.717, 1.165) is 50.9 Å². The minimum absolute atomic E-state index is 0.429. The molecule has 0 unspecified atom stereocenters. The minimum Gasteiger partial charge on any atom is -0.356 e. The van der Waals surface area contributed by atoms with Crippen LogP contribution in [0.2, 0.25) is 0 Å². The third-order valence-corrected chi connectivity index (χ3v) is 5.43. The highest BCUT2D eigenvalue weighted by Gasteiger charge is 2.23. The van der Waals surface area contributed by atoms with Crippen molar-refractivity contribution in [3.63, 3.8) is 0 Å². The summed E-state index contributed by atoms with van der Waals surface area (Å²) in [5.74, 6) is 1.85. The van der Waals surface area contributed by atoms with Gasteiger partial charge in [-0.1, -0.05) is 43.2 Å². The Bertz CT molecular complexity index is 682. The van der Waals surface area contributed by atoms with E-state index in [4.69, 9.17) is 4.98 Å². The summed E-state index contributed by atoms with van der Waals surface area (Å²) >= 11 is 0. The average Bonchev–Trinajstić information content (AvgIpc) is 2.94. The molecule has 0 radical (unpaired) electrons. The van der Waals surface area contributed by atoms with Crippen molar-refractivity contribution in [1.82, 2.24) is 14.9 Å². The largest absolute Gasteiger partial charge is 0.356 e. The van der Waals surface area contributed by atoms with Crippen molar-refractivity contribution >= 4 is 11.8 Å². The van der Waals surface area contributed by atoms with E-state index in [1.165, 1.54) is 31.2 Å². The number of benzene rings is 1. The summed E-state index contributed by atoms with van der Waals surface area (Å²) in [4.78, 5) is 14.2. The Morgan fingerprint density at radius 2 is 1.77 bits per heavy atom. The van der Waals surface area contributed by atoms with Gasteiger partial charge in [0, 0.05) is 45.0 Å². The molecule has 2 aromatic rings. The number of hydrogen-bond donors (Lipinski definition) is 1.